The number of fused-ring (bicyclic) bond motifs is 1. The number of nitrogens with one attached hydrogen (secondary N) is 1. The zero-order valence-electron chi connectivity index (χ0n) is 13.3. The SMILES string of the molecule is O=C(Nc1cc(OC2CC2)ccn1)C1C2CCC1(c1nccs1)C2. The number of pyridine rings is 1. The van der Waals surface area contributed by atoms with Gasteiger partial charge in [-0.1, -0.05) is 0 Å². The quantitative estimate of drug-likeness (QED) is 0.905. The molecule has 4 aliphatic carbocycles. The summed E-state index contributed by atoms with van der Waals surface area (Å²) < 4.78 is 5.78. The van der Waals surface area contributed by atoms with Gasteiger partial charge in [-0.25, -0.2) is 9.97 Å². The van der Waals surface area contributed by atoms with E-state index in [0.717, 1.165) is 42.9 Å². The molecule has 0 saturated heterocycles. The Bertz CT molecular complexity index is 770. The van der Waals surface area contributed by atoms with E-state index in [4.69, 9.17) is 4.74 Å². The molecule has 1 N–H and O–H groups in total. The number of aromatic nitrogens is 2. The third-order valence-electron chi connectivity index (χ3n) is 5.60. The van der Waals surface area contributed by atoms with E-state index in [2.05, 4.69) is 15.3 Å². The van der Waals surface area contributed by atoms with Crippen LogP contribution in [0.4, 0.5) is 5.82 Å². The summed E-state index contributed by atoms with van der Waals surface area (Å²) in [4.78, 5) is 21.7. The van der Waals surface area contributed by atoms with Crippen molar-refractivity contribution in [3.8, 4) is 5.75 Å². The van der Waals surface area contributed by atoms with Crippen molar-refractivity contribution < 1.29 is 9.53 Å². The van der Waals surface area contributed by atoms with Crippen LogP contribution in [0.2, 0.25) is 0 Å². The lowest BCUT2D eigenvalue weighted by molar-refractivity contribution is -0.127. The van der Waals surface area contributed by atoms with E-state index >= 15 is 0 Å². The van der Waals surface area contributed by atoms with Gasteiger partial charge in [-0.2, -0.15) is 0 Å². The molecule has 24 heavy (non-hydrogen) atoms. The normalized spacial score (nSPS) is 30.7. The fourth-order valence-electron chi connectivity index (χ4n) is 4.37. The van der Waals surface area contributed by atoms with E-state index in [0.29, 0.717) is 17.8 Å². The highest BCUT2D eigenvalue weighted by Crippen LogP contribution is 2.64. The first-order valence-corrected chi connectivity index (χ1v) is 9.46. The first-order chi connectivity index (χ1) is 11.7. The summed E-state index contributed by atoms with van der Waals surface area (Å²) in [5.41, 5.74) is -0.0367. The van der Waals surface area contributed by atoms with Gasteiger partial charge in [-0.3, -0.25) is 4.79 Å². The summed E-state index contributed by atoms with van der Waals surface area (Å²) in [5, 5.41) is 6.14. The smallest absolute Gasteiger partial charge is 0.229 e. The summed E-state index contributed by atoms with van der Waals surface area (Å²) in [6.45, 7) is 0. The van der Waals surface area contributed by atoms with Gasteiger partial charge in [0.2, 0.25) is 5.91 Å². The molecule has 124 valence electrons. The lowest BCUT2D eigenvalue weighted by atomic mass is 9.60. The number of thiazole rings is 1. The summed E-state index contributed by atoms with van der Waals surface area (Å²) in [6.07, 6.45) is 9.39. The molecule has 3 atom stereocenters. The molecule has 2 aromatic rings. The Hall–Kier alpha value is -1.95. The van der Waals surface area contributed by atoms with Gasteiger partial charge in [0, 0.05) is 29.3 Å². The Morgan fingerprint density at radius 1 is 1.29 bits per heavy atom. The number of hydrogen-bond donors (Lipinski definition) is 1. The third kappa shape index (κ3) is 2.24. The van der Waals surface area contributed by atoms with E-state index in [1.54, 1.807) is 17.5 Å². The largest absolute Gasteiger partial charge is 0.490 e. The van der Waals surface area contributed by atoms with Gasteiger partial charge < -0.3 is 10.1 Å². The molecule has 4 fully saturated rings. The molecular formula is C18H19N3O2S. The van der Waals surface area contributed by atoms with E-state index < -0.39 is 0 Å². The molecular weight excluding hydrogens is 322 g/mol. The fourth-order valence-corrected chi connectivity index (χ4v) is 5.29. The van der Waals surface area contributed by atoms with Crippen LogP contribution in [0.25, 0.3) is 0 Å². The first-order valence-electron chi connectivity index (χ1n) is 8.58. The molecule has 0 aromatic carbocycles. The van der Waals surface area contributed by atoms with Crippen LogP contribution in [-0.4, -0.2) is 22.0 Å². The van der Waals surface area contributed by atoms with Crippen LogP contribution in [0, 0.1) is 11.8 Å². The van der Waals surface area contributed by atoms with E-state index in [1.807, 2.05) is 23.7 Å². The lowest BCUT2D eigenvalue weighted by Crippen LogP contribution is -2.50. The minimum absolute atomic E-state index is 0.0263. The third-order valence-corrected chi connectivity index (χ3v) is 6.60. The van der Waals surface area contributed by atoms with Crippen molar-refractivity contribution in [1.82, 2.24) is 9.97 Å². The molecule has 6 heteroatoms. The number of anilines is 1. The fraction of sp³-hybridized carbons (Fsp3) is 0.500. The zero-order valence-corrected chi connectivity index (χ0v) is 14.1. The van der Waals surface area contributed by atoms with Crippen LogP contribution in [0.15, 0.2) is 29.9 Å². The molecule has 5 nitrogen and oxygen atoms in total. The number of nitrogens with zero attached hydrogens (tertiary/aromatic N) is 2. The predicted octanol–water partition coefficient (Wildman–Crippen LogP) is 3.39. The monoisotopic (exact) mass is 341 g/mol. The molecule has 4 aliphatic rings. The standard InChI is InChI=1S/C18H19N3O2S/c22-16(21-14-9-13(4-6-19-14)23-12-1-2-12)15-11-3-5-18(15,10-11)17-20-7-8-24-17/h4,6-9,11-12,15H,1-3,5,10H2,(H,19,21,22). The Balaban J connectivity index is 1.34. The second-order valence-electron chi connectivity index (χ2n) is 7.16. The highest BCUT2D eigenvalue weighted by atomic mass is 32.1. The molecule has 2 aromatic heterocycles. The number of ether oxygens (including phenoxy) is 1. The van der Waals surface area contributed by atoms with Crippen molar-refractivity contribution in [1.29, 1.82) is 0 Å². The van der Waals surface area contributed by atoms with Gasteiger partial charge >= 0.3 is 0 Å². The highest BCUT2D eigenvalue weighted by Gasteiger charge is 2.64. The predicted molar refractivity (Wildman–Crippen MR) is 91.1 cm³/mol. The molecule has 4 saturated carbocycles. The van der Waals surface area contributed by atoms with Gasteiger partial charge in [0.05, 0.1) is 17.0 Å². The van der Waals surface area contributed by atoms with Crippen LogP contribution < -0.4 is 10.1 Å². The summed E-state index contributed by atoms with van der Waals surface area (Å²) in [6, 6.07) is 3.67. The number of hydrogen-bond acceptors (Lipinski definition) is 5. The van der Waals surface area contributed by atoms with Crippen LogP contribution in [0.1, 0.15) is 37.1 Å². The average molecular weight is 341 g/mol. The molecule has 3 unspecified atom stereocenters. The van der Waals surface area contributed by atoms with Crippen LogP contribution >= 0.6 is 11.3 Å². The number of rotatable bonds is 5. The Kier molecular flexibility index (Phi) is 3.16. The lowest BCUT2D eigenvalue weighted by Gasteiger charge is -2.44. The Morgan fingerprint density at radius 3 is 2.96 bits per heavy atom. The molecule has 2 bridgehead atoms. The Morgan fingerprint density at radius 2 is 2.21 bits per heavy atom. The minimum Gasteiger partial charge on any atom is -0.490 e. The van der Waals surface area contributed by atoms with E-state index in [9.17, 15) is 4.79 Å². The van der Waals surface area contributed by atoms with E-state index in [1.165, 1.54) is 0 Å². The van der Waals surface area contributed by atoms with Crippen molar-refractivity contribution in [3.05, 3.63) is 34.9 Å². The molecule has 1 amide bonds. The van der Waals surface area contributed by atoms with Crippen LogP contribution in [0.3, 0.4) is 0 Å². The molecule has 0 radical (unpaired) electrons. The summed E-state index contributed by atoms with van der Waals surface area (Å²) in [5.74, 6) is 1.96. The van der Waals surface area contributed by atoms with Crippen molar-refractivity contribution in [3.63, 3.8) is 0 Å². The first kappa shape index (κ1) is 14.4. The van der Waals surface area contributed by atoms with Gasteiger partial charge in [0.25, 0.3) is 0 Å². The van der Waals surface area contributed by atoms with Gasteiger partial charge in [-0.15, -0.1) is 11.3 Å². The second-order valence-corrected chi connectivity index (χ2v) is 8.05. The topological polar surface area (TPSA) is 64.1 Å². The van der Waals surface area contributed by atoms with Gasteiger partial charge in [0.1, 0.15) is 11.6 Å². The molecule has 0 aliphatic heterocycles. The maximum Gasteiger partial charge on any atom is 0.229 e. The van der Waals surface area contributed by atoms with E-state index in [-0.39, 0.29) is 17.2 Å². The number of carbonyl (C=O) groups is 1. The maximum atomic E-state index is 12.9. The van der Waals surface area contributed by atoms with Gasteiger partial charge in [-0.05, 0) is 44.1 Å². The Labute approximate surface area is 144 Å². The van der Waals surface area contributed by atoms with Crippen molar-refractivity contribution >= 4 is 23.1 Å². The summed E-state index contributed by atoms with van der Waals surface area (Å²) in [7, 11) is 0. The van der Waals surface area contributed by atoms with Crippen molar-refractivity contribution in [2.24, 2.45) is 11.8 Å². The molecule has 2 heterocycles. The highest BCUT2D eigenvalue weighted by molar-refractivity contribution is 7.09. The molecule has 0 spiro atoms. The van der Waals surface area contributed by atoms with Crippen LogP contribution in [0.5, 0.6) is 5.75 Å². The zero-order chi connectivity index (χ0) is 16.1. The number of carbonyl (C=O) groups excluding carboxylic acids is 1. The average Bonchev–Trinajstić information content (AvgIpc) is 2.99. The summed E-state index contributed by atoms with van der Waals surface area (Å²) >= 11 is 1.67. The maximum absolute atomic E-state index is 12.9. The second kappa shape index (κ2) is 5.28. The van der Waals surface area contributed by atoms with Crippen molar-refractivity contribution in [2.45, 2.75) is 43.6 Å². The minimum atomic E-state index is -0.0367. The number of amides is 1. The van der Waals surface area contributed by atoms with Crippen LogP contribution in [-0.2, 0) is 10.2 Å². The van der Waals surface area contributed by atoms with Gasteiger partial charge in [0.15, 0.2) is 0 Å². The van der Waals surface area contributed by atoms with Crippen molar-refractivity contribution in [2.75, 3.05) is 5.32 Å². The molecule has 6 rings (SSSR count).